The van der Waals surface area contributed by atoms with E-state index in [0.717, 1.165) is 6.07 Å². The number of halogens is 3. The Kier molecular flexibility index (Phi) is 6.44. The molecule has 1 fully saturated rings. The quantitative estimate of drug-likeness (QED) is 0.595. The molecule has 0 radical (unpaired) electrons. The monoisotopic (exact) mass is 465 g/mol. The Hall–Kier alpha value is -3.50. The number of amides is 2. The molecule has 0 saturated carbocycles. The predicted octanol–water partition coefficient (Wildman–Crippen LogP) is 3.32. The van der Waals surface area contributed by atoms with E-state index in [1.807, 2.05) is 0 Å². The molecule has 2 amide bonds. The van der Waals surface area contributed by atoms with Crippen LogP contribution in [0.1, 0.15) is 49.2 Å². The van der Waals surface area contributed by atoms with Gasteiger partial charge >= 0.3 is 6.09 Å². The maximum atomic E-state index is 14.7. The highest BCUT2D eigenvalue weighted by atomic mass is 19.2. The Labute approximate surface area is 189 Å². The van der Waals surface area contributed by atoms with Gasteiger partial charge in [0, 0.05) is 30.6 Å². The minimum atomic E-state index is -1.32. The van der Waals surface area contributed by atoms with Gasteiger partial charge in [0.25, 0.3) is 5.91 Å². The second kappa shape index (κ2) is 8.80. The van der Waals surface area contributed by atoms with Crippen LogP contribution in [0, 0.1) is 17.5 Å². The third-order valence-corrected chi connectivity index (χ3v) is 5.75. The number of nitrogen functional groups attached to an aromatic ring is 1. The number of rotatable bonds is 4. The smallest absolute Gasteiger partial charge is 0.408 e. The number of pyridine rings is 1. The van der Waals surface area contributed by atoms with Crippen molar-refractivity contribution in [3.63, 3.8) is 0 Å². The van der Waals surface area contributed by atoms with Crippen LogP contribution in [0.25, 0.3) is 0 Å². The van der Waals surface area contributed by atoms with Gasteiger partial charge in [0.2, 0.25) is 0 Å². The Balaban J connectivity index is 2.08. The fraction of sp³-hybridized carbons (Fsp3) is 0.409. The molecule has 1 aromatic carbocycles. The van der Waals surface area contributed by atoms with Crippen LogP contribution in [-0.4, -0.2) is 51.7 Å². The molecule has 0 unspecified atom stereocenters. The molecular formula is C22H26F3N5O3. The summed E-state index contributed by atoms with van der Waals surface area (Å²) in [5.41, 5.74) is 10.1. The van der Waals surface area contributed by atoms with Gasteiger partial charge in [0.05, 0.1) is 11.7 Å². The van der Waals surface area contributed by atoms with Gasteiger partial charge in [0.1, 0.15) is 11.6 Å². The number of nitrogens with two attached hydrogens (primary N) is 2. The van der Waals surface area contributed by atoms with Crippen molar-refractivity contribution in [2.75, 3.05) is 23.7 Å². The lowest BCUT2D eigenvalue weighted by Gasteiger charge is -2.48. The zero-order valence-corrected chi connectivity index (χ0v) is 18.5. The molecule has 5 N–H and O–H groups in total. The molecule has 178 valence electrons. The van der Waals surface area contributed by atoms with E-state index < -0.39 is 47.0 Å². The number of primary amides is 1. The first kappa shape index (κ1) is 24.1. The molecule has 3 rings (SSSR count). The third-order valence-electron chi connectivity index (χ3n) is 5.75. The summed E-state index contributed by atoms with van der Waals surface area (Å²) in [6.45, 7) is 5.40. The Morgan fingerprint density at radius 2 is 1.79 bits per heavy atom. The van der Waals surface area contributed by atoms with Gasteiger partial charge in [-0.25, -0.2) is 22.9 Å². The van der Waals surface area contributed by atoms with Crippen LogP contribution in [0.15, 0.2) is 24.3 Å². The lowest BCUT2D eigenvalue weighted by Crippen LogP contribution is -2.59. The maximum absolute atomic E-state index is 14.7. The summed E-state index contributed by atoms with van der Waals surface area (Å²) in [5.74, 6) is -4.70. The highest BCUT2D eigenvalue weighted by Gasteiger charge is 2.43. The van der Waals surface area contributed by atoms with Gasteiger partial charge in [-0.1, -0.05) is 0 Å². The standard InChI is InChI=1S/C22H26F3N5O3/c1-22(2,3)30(21(32)33)17-10-29(18-5-4-16(26)19(28-18)20(27)31)7-6-11(17)12-8-14(24)15(25)9-13(12)23/h4-5,8-9,11,17H,6-7,10,26H2,1-3H3,(H2,27,31)(H,32,33)/t11-,17+/m1/s1. The van der Waals surface area contributed by atoms with E-state index in [1.165, 1.54) is 11.0 Å². The lowest BCUT2D eigenvalue weighted by atomic mass is 9.82. The first-order valence-corrected chi connectivity index (χ1v) is 10.3. The molecular weight excluding hydrogens is 439 g/mol. The molecule has 1 aliphatic rings. The summed E-state index contributed by atoms with van der Waals surface area (Å²) < 4.78 is 42.2. The molecule has 0 spiro atoms. The second-order valence-electron chi connectivity index (χ2n) is 8.99. The van der Waals surface area contributed by atoms with Gasteiger partial charge in [0.15, 0.2) is 17.3 Å². The van der Waals surface area contributed by atoms with Crippen LogP contribution in [-0.2, 0) is 0 Å². The predicted molar refractivity (Wildman–Crippen MR) is 116 cm³/mol. The fourth-order valence-corrected chi connectivity index (χ4v) is 4.35. The number of hydrogen-bond acceptors (Lipinski definition) is 5. The van der Waals surface area contributed by atoms with Gasteiger partial charge in [-0.05, 0) is 51.0 Å². The van der Waals surface area contributed by atoms with Crippen molar-refractivity contribution in [3.05, 3.63) is 53.0 Å². The lowest BCUT2D eigenvalue weighted by molar-refractivity contribution is 0.0562. The summed E-state index contributed by atoms with van der Waals surface area (Å²) in [6.07, 6.45) is -1.03. The van der Waals surface area contributed by atoms with Gasteiger partial charge in [-0.15, -0.1) is 0 Å². The molecule has 0 aliphatic carbocycles. The van der Waals surface area contributed by atoms with Crippen LogP contribution in [0.5, 0.6) is 0 Å². The maximum Gasteiger partial charge on any atom is 0.408 e. The van der Waals surface area contributed by atoms with E-state index in [9.17, 15) is 27.9 Å². The van der Waals surface area contributed by atoms with Crippen LogP contribution >= 0.6 is 0 Å². The van der Waals surface area contributed by atoms with E-state index >= 15 is 0 Å². The van der Waals surface area contributed by atoms with Crippen LogP contribution < -0.4 is 16.4 Å². The normalized spacial score (nSPS) is 18.8. The highest BCUT2D eigenvalue weighted by Crippen LogP contribution is 2.38. The van der Waals surface area contributed by atoms with Crippen LogP contribution in [0.2, 0.25) is 0 Å². The number of hydrogen-bond donors (Lipinski definition) is 3. The van der Waals surface area contributed by atoms with Crippen LogP contribution in [0.3, 0.4) is 0 Å². The molecule has 2 aromatic rings. The molecule has 1 aromatic heterocycles. The Morgan fingerprint density at radius 1 is 1.15 bits per heavy atom. The van der Waals surface area contributed by atoms with Crippen molar-refractivity contribution in [1.82, 2.24) is 9.88 Å². The van der Waals surface area contributed by atoms with Crippen molar-refractivity contribution in [2.24, 2.45) is 5.73 Å². The second-order valence-corrected chi connectivity index (χ2v) is 8.99. The average molecular weight is 465 g/mol. The van der Waals surface area contributed by atoms with Crippen molar-refractivity contribution in [3.8, 4) is 0 Å². The number of piperidine rings is 1. The number of carbonyl (C=O) groups is 2. The van der Waals surface area contributed by atoms with Crippen molar-refractivity contribution in [1.29, 1.82) is 0 Å². The minimum absolute atomic E-state index is 0.0573. The minimum Gasteiger partial charge on any atom is -0.465 e. The van der Waals surface area contributed by atoms with Crippen molar-refractivity contribution in [2.45, 2.75) is 44.7 Å². The number of aromatic nitrogens is 1. The summed E-state index contributed by atoms with van der Waals surface area (Å²) in [5, 5.41) is 9.99. The van der Waals surface area contributed by atoms with E-state index in [1.54, 1.807) is 31.7 Å². The molecule has 2 atom stereocenters. The molecule has 8 nitrogen and oxygen atoms in total. The average Bonchev–Trinajstić information content (AvgIpc) is 2.70. The summed E-state index contributed by atoms with van der Waals surface area (Å²) in [6, 6.07) is 3.45. The van der Waals surface area contributed by atoms with E-state index in [2.05, 4.69) is 4.98 Å². The topological polar surface area (TPSA) is 126 Å². The van der Waals surface area contributed by atoms with Gasteiger partial charge in [-0.2, -0.15) is 0 Å². The molecule has 33 heavy (non-hydrogen) atoms. The summed E-state index contributed by atoms with van der Waals surface area (Å²) >= 11 is 0. The number of anilines is 2. The Bertz CT molecular complexity index is 1090. The molecule has 1 aliphatic heterocycles. The molecule has 2 heterocycles. The number of nitrogens with zero attached hydrogens (tertiary/aromatic N) is 3. The number of carboxylic acid groups (broad SMARTS) is 1. The molecule has 11 heteroatoms. The first-order valence-electron chi connectivity index (χ1n) is 10.3. The van der Waals surface area contributed by atoms with E-state index in [-0.39, 0.29) is 36.5 Å². The number of benzene rings is 1. The molecule has 0 bridgehead atoms. The summed E-state index contributed by atoms with van der Waals surface area (Å²) in [4.78, 5) is 31.0. The van der Waals surface area contributed by atoms with Crippen LogP contribution in [0.4, 0.5) is 29.5 Å². The number of carbonyl (C=O) groups excluding carboxylic acids is 1. The largest absolute Gasteiger partial charge is 0.465 e. The van der Waals surface area contributed by atoms with Gasteiger partial charge < -0.3 is 21.5 Å². The zero-order valence-electron chi connectivity index (χ0n) is 18.5. The first-order chi connectivity index (χ1) is 15.3. The highest BCUT2D eigenvalue weighted by molar-refractivity contribution is 5.96. The third kappa shape index (κ3) is 4.81. The van der Waals surface area contributed by atoms with Crippen molar-refractivity contribution < 1.29 is 27.9 Å². The van der Waals surface area contributed by atoms with Crippen molar-refractivity contribution >= 4 is 23.5 Å². The Morgan fingerprint density at radius 3 is 2.36 bits per heavy atom. The van der Waals surface area contributed by atoms with Gasteiger partial charge in [-0.3, -0.25) is 9.69 Å². The summed E-state index contributed by atoms with van der Waals surface area (Å²) in [7, 11) is 0. The molecule has 1 saturated heterocycles. The van der Waals surface area contributed by atoms with E-state index in [0.29, 0.717) is 11.9 Å². The van der Waals surface area contributed by atoms with E-state index in [4.69, 9.17) is 11.5 Å². The fourth-order valence-electron chi connectivity index (χ4n) is 4.35. The SMILES string of the molecule is CC(C)(C)N(C(=O)O)[C@H]1CN(c2ccc(N)c(C(N)=O)n2)CC[C@@H]1c1cc(F)c(F)cc1F. The zero-order chi connectivity index (χ0) is 24.7.